The van der Waals surface area contributed by atoms with Gasteiger partial charge in [0.2, 0.25) is 0 Å². The predicted molar refractivity (Wildman–Crippen MR) is 63.2 cm³/mol. The zero-order chi connectivity index (χ0) is 12.5. The Morgan fingerprint density at radius 3 is 3.22 bits per heavy atom. The van der Waals surface area contributed by atoms with Crippen LogP contribution in [0.3, 0.4) is 0 Å². The molecule has 94 valence electrons. The lowest BCUT2D eigenvalue weighted by Gasteiger charge is -2.12. The number of hydrogen-bond acceptors (Lipinski definition) is 5. The van der Waals surface area contributed by atoms with Crippen molar-refractivity contribution in [3.8, 4) is 0 Å². The highest BCUT2D eigenvalue weighted by atomic mass is 16.5. The minimum absolute atomic E-state index is 0.262. The molecule has 0 atom stereocenters. The zero-order valence-electron chi connectivity index (χ0n) is 9.91. The van der Waals surface area contributed by atoms with Gasteiger partial charge in [0, 0.05) is 18.2 Å². The third-order valence-electron chi connectivity index (χ3n) is 2.90. The Hall–Kier alpha value is -2.15. The normalized spacial score (nSPS) is 14.3. The standard InChI is InChI=1S/C11H13N5O2/c1-6-4-8(16-18-6)11(17)13-10-7-2-3-12-5-9(7)14-15-10/h4,12H,2-3,5H2,1H3,(H2,13,14,15,17). The summed E-state index contributed by atoms with van der Waals surface area (Å²) in [6.45, 7) is 3.38. The van der Waals surface area contributed by atoms with Crippen molar-refractivity contribution in [3.63, 3.8) is 0 Å². The second-order valence-corrected chi connectivity index (χ2v) is 4.23. The number of nitrogens with zero attached hydrogens (tertiary/aromatic N) is 2. The minimum atomic E-state index is -0.306. The number of nitrogens with one attached hydrogen (secondary N) is 3. The number of carbonyl (C=O) groups excluding carboxylic acids is 1. The van der Waals surface area contributed by atoms with Crippen LogP contribution < -0.4 is 10.6 Å². The Balaban J connectivity index is 1.80. The fourth-order valence-electron chi connectivity index (χ4n) is 1.99. The van der Waals surface area contributed by atoms with Gasteiger partial charge < -0.3 is 15.2 Å². The number of fused-ring (bicyclic) bond motifs is 1. The molecule has 18 heavy (non-hydrogen) atoms. The van der Waals surface area contributed by atoms with Crippen molar-refractivity contribution in [1.29, 1.82) is 0 Å². The van der Waals surface area contributed by atoms with Gasteiger partial charge in [0.25, 0.3) is 5.91 Å². The van der Waals surface area contributed by atoms with Crippen LogP contribution in [0.1, 0.15) is 27.5 Å². The molecule has 0 aromatic carbocycles. The molecule has 2 aromatic heterocycles. The quantitative estimate of drug-likeness (QED) is 0.722. The number of aryl methyl sites for hydroxylation is 1. The Bertz CT molecular complexity index is 586. The molecule has 0 fully saturated rings. The van der Waals surface area contributed by atoms with E-state index in [0.29, 0.717) is 11.6 Å². The molecule has 0 bridgehead atoms. The average molecular weight is 247 g/mol. The summed E-state index contributed by atoms with van der Waals surface area (Å²) in [6, 6.07) is 1.59. The van der Waals surface area contributed by atoms with Gasteiger partial charge >= 0.3 is 0 Å². The largest absolute Gasteiger partial charge is 0.361 e. The van der Waals surface area contributed by atoms with Crippen molar-refractivity contribution in [3.05, 3.63) is 28.8 Å². The third kappa shape index (κ3) is 1.88. The van der Waals surface area contributed by atoms with Gasteiger partial charge in [-0.25, -0.2) is 0 Å². The van der Waals surface area contributed by atoms with Crippen LogP contribution in [-0.4, -0.2) is 27.8 Å². The Kier molecular flexibility index (Phi) is 2.60. The highest BCUT2D eigenvalue weighted by molar-refractivity contribution is 6.02. The van der Waals surface area contributed by atoms with Crippen LogP contribution in [0.25, 0.3) is 0 Å². The first-order valence-corrected chi connectivity index (χ1v) is 5.75. The summed E-state index contributed by atoms with van der Waals surface area (Å²) in [5.41, 5.74) is 2.34. The van der Waals surface area contributed by atoms with E-state index in [4.69, 9.17) is 4.52 Å². The molecule has 1 amide bonds. The van der Waals surface area contributed by atoms with E-state index >= 15 is 0 Å². The monoisotopic (exact) mass is 247 g/mol. The number of aromatic nitrogens is 3. The summed E-state index contributed by atoms with van der Waals surface area (Å²) < 4.78 is 4.87. The van der Waals surface area contributed by atoms with Crippen molar-refractivity contribution in [2.45, 2.75) is 19.9 Å². The highest BCUT2D eigenvalue weighted by Crippen LogP contribution is 2.20. The van der Waals surface area contributed by atoms with Crippen molar-refractivity contribution >= 4 is 11.7 Å². The molecule has 1 aliphatic rings. The summed E-state index contributed by atoms with van der Waals surface area (Å²) in [4.78, 5) is 11.9. The molecule has 0 radical (unpaired) electrons. The van der Waals surface area contributed by atoms with Crippen molar-refractivity contribution in [2.75, 3.05) is 11.9 Å². The third-order valence-corrected chi connectivity index (χ3v) is 2.90. The maximum Gasteiger partial charge on any atom is 0.279 e. The van der Waals surface area contributed by atoms with E-state index < -0.39 is 0 Å². The number of hydrogen-bond donors (Lipinski definition) is 3. The van der Waals surface area contributed by atoms with Gasteiger partial charge in [-0.15, -0.1) is 0 Å². The molecule has 7 nitrogen and oxygen atoms in total. The Morgan fingerprint density at radius 1 is 1.56 bits per heavy atom. The van der Waals surface area contributed by atoms with Crippen LogP contribution in [0.15, 0.2) is 10.6 Å². The van der Waals surface area contributed by atoms with Gasteiger partial charge in [-0.05, 0) is 19.9 Å². The second kappa shape index (κ2) is 4.26. The Labute approximate surface area is 103 Å². The number of amides is 1. The highest BCUT2D eigenvalue weighted by Gasteiger charge is 2.19. The Morgan fingerprint density at radius 2 is 2.44 bits per heavy atom. The van der Waals surface area contributed by atoms with Gasteiger partial charge in [-0.3, -0.25) is 9.89 Å². The first kappa shape index (κ1) is 11.0. The average Bonchev–Trinajstić information content (AvgIpc) is 2.97. The molecule has 0 saturated carbocycles. The van der Waals surface area contributed by atoms with Gasteiger partial charge in [0.1, 0.15) is 5.76 Å². The van der Waals surface area contributed by atoms with Gasteiger partial charge in [0.15, 0.2) is 11.5 Å². The van der Waals surface area contributed by atoms with Crippen molar-refractivity contribution < 1.29 is 9.32 Å². The van der Waals surface area contributed by atoms with E-state index in [9.17, 15) is 4.79 Å². The van der Waals surface area contributed by atoms with E-state index in [0.717, 1.165) is 30.8 Å². The van der Waals surface area contributed by atoms with E-state index in [1.807, 2.05) is 0 Å². The summed E-state index contributed by atoms with van der Waals surface area (Å²) in [5, 5.41) is 16.7. The zero-order valence-corrected chi connectivity index (χ0v) is 9.91. The van der Waals surface area contributed by atoms with Crippen LogP contribution in [0, 0.1) is 6.92 Å². The molecule has 7 heteroatoms. The summed E-state index contributed by atoms with van der Waals surface area (Å²) in [5.74, 6) is 0.880. The molecule has 3 heterocycles. The lowest BCUT2D eigenvalue weighted by atomic mass is 10.1. The molecule has 3 rings (SSSR count). The van der Waals surface area contributed by atoms with Crippen molar-refractivity contribution in [2.24, 2.45) is 0 Å². The number of anilines is 1. The van der Waals surface area contributed by atoms with E-state index in [1.54, 1.807) is 13.0 Å². The van der Waals surface area contributed by atoms with Crippen LogP contribution in [-0.2, 0) is 13.0 Å². The topological polar surface area (TPSA) is 95.8 Å². The first-order chi connectivity index (χ1) is 8.74. The van der Waals surface area contributed by atoms with Crippen LogP contribution >= 0.6 is 0 Å². The number of carbonyl (C=O) groups is 1. The van der Waals surface area contributed by atoms with E-state index in [2.05, 4.69) is 26.0 Å². The van der Waals surface area contributed by atoms with Crippen molar-refractivity contribution in [1.82, 2.24) is 20.7 Å². The van der Waals surface area contributed by atoms with E-state index in [1.165, 1.54) is 0 Å². The second-order valence-electron chi connectivity index (χ2n) is 4.23. The summed E-state index contributed by atoms with van der Waals surface area (Å²) in [6.07, 6.45) is 0.847. The van der Waals surface area contributed by atoms with Gasteiger partial charge in [-0.1, -0.05) is 5.16 Å². The fraction of sp³-hybridized carbons (Fsp3) is 0.364. The molecular formula is C11H13N5O2. The molecule has 1 aliphatic heterocycles. The van der Waals surface area contributed by atoms with Crippen LogP contribution in [0.2, 0.25) is 0 Å². The summed E-state index contributed by atoms with van der Waals surface area (Å²) >= 11 is 0. The molecule has 0 aliphatic carbocycles. The van der Waals surface area contributed by atoms with Gasteiger partial charge in [-0.2, -0.15) is 5.10 Å². The summed E-state index contributed by atoms with van der Waals surface area (Å²) in [7, 11) is 0. The SMILES string of the molecule is Cc1cc(C(=O)Nc2n[nH]c3c2CCNC3)no1. The smallest absolute Gasteiger partial charge is 0.279 e. The van der Waals surface area contributed by atoms with Crippen LogP contribution in [0.4, 0.5) is 5.82 Å². The minimum Gasteiger partial charge on any atom is -0.361 e. The van der Waals surface area contributed by atoms with Crippen LogP contribution in [0.5, 0.6) is 0 Å². The number of H-pyrrole nitrogens is 1. The molecule has 0 unspecified atom stereocenters. The number of aromatic amines is 1. The fourth-order valence-corrected chi connectivity index (χ4v) is 1.99. The van der Waals surface area contributed by atoms with Gasteiger partial charge in [0.05, 0.1) is 5.69 Å². The molecular weight excluding hydrogens is 234 g/mol. The molecule has 0 spiro atoms. The molecule has 3 N–H and O–H groups in total. The lowest BCUT2D eigenvalue weighted by Crippen LogP contribution is -2.24. The van der Waals surface area contributed by atoms with E-state index in [-0.39, 0.29) is 11.6 Å². The maximum absolute atomic E-state index is 11.9. The predicted octanol–water partition coefficient (Wildman–Crippen LogP) is 0.604. The molecule has 2 aromatic rings. The lowest BCUT2D eigenvalue weighted by molar-refractivity contribution is 0.101. The number of rotatable bonds is 2. The maximum atomic E-state index is 11.9. The first-order valence-electron chi connectivity index (χ1n) is 5.75. The molecule has 0 saturated heterocycles.